The van der Waals surface area contributed by atoms with Crippen LogP contribution in [-0.4, -0.2) is 22.7 Å². The molecule has 1 atom stereocenters. The van der Waals surface area contributed by atoms with Crippen LogP contribution < -0.4 is 0 Å². The lowest BCUT2D eigenvalue weighted by Crippen LogP contribution is -2.10. The van der Waals surface area contributed by atoms with E-state index in [1.54, 1.807) is 0 Å². The summed E-state index contributed by atoms with van der Waals surface area (Å²) in [4.78, 5) is 0. The molecule has 0 radical (unpaired) electrons. The highest BCUT2D eigenvalue weighted by Gasteiger charge is 2.04. The topological polar surface area (TPSA) is 20.2 Å². The van der Waals surface area contributed by atoms with E-state index in [9.17, 15) is 5.11 Å². The van der Waals surface area contributed by atoms with Crippen molar-refractivity contribution in [2.75, 3.05) is 11.5 Å². The van der Waals surface area contributed by atoms with Crippen LogP contribution in [0.3, 0.4) is 0 Å². The molecule has 0 saturated heterocycles. The van der Waals surface area contributed by atoms with Crippen molar-refractivity contribution in [1.29, 1.82) is 0 Å². The summed E-state index contributed by atoms with van der Waals surface area (Å²) in [6.07, 6.45) is 14.6. The Balaban J connectivity index is 3.11. The molecule has 0 fully saturated rings. The molecule has 122 valence electrons. The van der Waals surface area contributed by atoms with E-state index in [1.165, 1.54) is 70.0 Å². The first-order valence-electron chi connectivity index (χ1n) is 8.92. The lowest BCUT2D eigenvalue weighted by molar-refractivity contribution is 0.185. The standard InChI is InChI=1S/C18H38OS/c1-4-5-6-7-8-9-10-11-12-13-14-18(19)16-20-15-17(2)3/h17-19H,4-16H2,1-3H3. The van der Waals surface area contributed by atoms with E-state index >= 15 is 0 Å². The second-order valence-electron chi connectivity index (χ2n) is 6.56. The van der Waals surface area contributed by atoms with E-state index in [1.807, 2.05) is 11.8 Å². The van der Waals surface area contributed by atoms with Gasteiger partial charge in [-0.3, -0.25) is 0 Å². The molecule has 20 heavy (non-hydrogen) atoms. The van der Waals surface area contributed by atoms with Crippen LogP contribution >= 0.6 is 11.8 Å². The Kier molecular flexibility index (Phi) is 15.9. The van der Waals surface area contributed by atoms with Crippen molar-refractivity contribution in [3.8, 4) is 0 Å². The SMILES string of the molecule is CCCCCCCCCCCCC(O)CSCC(C)C. The van der Waals surface area contributed by atoms with Crippen LogP contribution in [0.5, 0.6) is 0 Å². The van der Waals surface area contributed by atoms with Gasteiger partial charge in [-0.25, -0.2) is 0 Å². The number of aliphatic hydroxyl groups excluding tert-OH is 1. The third kappa shape index (κ3) is 16.4. The molecule has 0 saturated carbocycles. The molecule has 0 spiro atoms. The van der Waals surface area contributed by atoms with Crippen LogP contribution in [-0.2, 0) is 0 Å². The number of hydrogen-bond acceptors (Lipinski definition) is 2. The molecule has 0 aliphatic rings. The Morgan fingerprint density at radius 1 is 0.750 bits per heavy atom. The van der Waals surface area contributed by atoms with E-state index in [0.29, 0.717) is 0 Å². The van der Waals surface area contributed by atoms with Gasteiger partial charge in [-0.05, 0) is 18.1 Å². The fourth-order valence-corrected chi connectivity index (χ4v) is 3.44. The smallest absolute Gasteiger partial charge is 0.0630 e. The largest absolute Gasteiger partial charge is 0.392 e. The highest BCUT2D eigenvalue weighted by Crippen LogP contribution is 2.14. The third-order valence-corrected chi connectivity index (χ3v) is 5.18. The zero-order chi connectivity index (χ0) is 15.1. The van der Waals surface area contributed by atoms with Crippen LogP contribution in [0.1, 0.15) is 91.4 Å². The van der Waals surface area contributed by atoms with Gasteiger partial charge in [-0.1, -0.05) is 85.0 Å². The lowest BCUT2D eigenvalue weighted by atomic mass is 10.1. The van der Waals surface area contributed by atoms with E-state index in [2.05, 4.69) is 20.8 Å². The Hall–Kier alpha value is 0.310. The van der Waals surface area contributed by atoms with Gasteiger partial charge in [0.15, 0.2) is 0 Å². The third-order valence-electron chi connectivity index (χ3n) is 3.65. The van der Waals surface area contributed by atoms with Crippen molar-refractivity contribution in [1.82, 2.24) is 0 Å². The Bertz CT molecular complexity index is 182. The van der Waals surface area contributed by atoms with Gasteiger partial charge in [0.2, 0.25) is 0 Å². The highest BCUT2D eigenvalue weighted by molar-refractivity contribution is 7.99. The Labute approximate surface area is 132 Å². The first-order chi connectivity index (χ1) is 9.66. The monoisotopic (exact) mass is 302 g/mol. The fourth-order valence-electron chi connectivity index (χ4n) is 2.39. The molecule has 0 aliphatic carbocycles. The van der Waals surface area contributed by atoms with Gasteiger partial charge in [0.1, 0.15) is 0 Å². The summed E-state index contributed by atoms with van der Waals surface area (Å²) in [6, 6.07) is 0. The van der Waals surface area contributed by atoms with E-state index < -0.39 is 0 Å². The van der Waals surface area contributed by atoms with Gasteiger partial charge < -0.3 is 5.11 Å². The molecule has 0 heterocycles. The molecule has 1 unspecified atom stereocenters. The molecule has 0 amide bonds. The van der Waals surface area contributed by atoms with Gasteiger partial charge in [-0.2, -0.15) is 11.8 Å². The van der Waals surface area contributed by atoms with Crippen LogP contribution in [0.4, 0.5) is 0 Å². The number of thioether (sulfide) groups is 1. The molecule has 0 aliphatic heterocycles. The Morgan fingerprint density at radius 3 is 1.75 bits per heavy atom. The molecule has 0 rings (SSSR count). The van der Waals surface area contributed by atoms with Crippen molar-refractivity contribution in [3.05, 3.63) is 0 Å². The summed E-state index contributed by atoms with van der Waals surface area (Å²) >= 11 is 1.90. The van der Waals surface area contributed by atoms with Crippen molar-refractivity contribution in [2.24, 2.45) is 5.92 Å². The summed E-state index contributed by atoms with van der Waals surface area (Å²) in [6.45, 7) is 6.75. The van der Waals surface area contributed by atoms with Crippen molar-refractivity contribution in [2.45, 2.75) is 97.5 Å². The summed E-state index contributed by atoms with van der Waals surface area (Å²) in [5.74, 6) is 2.84. The molecule has 1 N–H and O–H groups in total. The molecule has 2 heteroatoms. The average Bonchev–Trinajstić information content (AvgIpc) is 2.40. The zero-order valence-electron chi connectivity index (χ0n) is 14.2. The van der Waals surface area contributed by atoms with Gasteiger partial charge >= 0.3 is 0 Å². The maximum absolute atomic E-state index is 9.86. The quantitative estimate of drug-likeness (QED) is 0.372. The second-order valence-corrected chi connectivity index (χ2v) is 7.63. The summed E-state index contributed by atoms with van der Waals surface area (Å²) < 4.78 is 0. The van der Waals surface area contributed by atoms with Gasteiger partial charge in [0.25, 0.3) is 0 Å². The predicted octanol–water partition coefficient (Wildman–Crippen LogP) is 6.05. The second kappa shape index (κ2) is 15.7. The molecular formula is C18H38OS. The normalized spacial score (nSPS) is 13.1. The van der Waals surface area contributed by atoms with Crippen molar-refractivity contribution >= 4 is 11.8 Å². The molecule has 0 aromatic heterocycles. The summed E-state index contributed by atoms with van der Waals surface area (Å²) in [5.41, 5.74) is 0. The number of hydrogen-bond donors (Lipinski definition) is 1. The molecule has 0 aromatic carbocycles. The van der Waals surface area contributed by atoms with Gasteiger partial charge in [0, 0.05) is 5.75 Å². The molecule has 1 nitrogen and oxygen atoms in total. The van der Waals surface area contributed by atoms with E-state index in [4.69, 9.17) is 0 Å². The van der Waals surface area contributed by atoms with Crippen molar-refractivity contribution < 1.29 is 5.11 Å². The van der Waals surface area contributed by atoms with Crippen LogP contribution in [0, 0.1) is 5.92 Å². The molecule has 0 bridgehead atoms. The number of rotatable bonds is 15. The lowest BCUT2D eigenvalue weighted by Gasteiger charge is -2.11. The predicted molar refractivity (Wildman–Crippen MR) is 94.6 cm³/mol. The minimum absolute atomic E-state index is 0.0761. The van der Waals surface area contributed by atoms with Gasteiger partial charge in [-0.15, -0.1) is 0 Å². The minimum atomic E-state index is -0.0761. The molecule has 0 aromatic rings. The number of unbranched alkanes of at least 4 members (excludes halogenated alkanes) is 9. The average molecular weight is 303 g/mol. The number of aliphatic hydroxyl groups is 1. The summed E-state index contributed by atoms with van der Waals surface area (Å²) in [5, 5.41) is 9.86. The Morgan fingerprint density at radius 2 is 1.25 bits per heavy atom. The van der Waals surface area contributed by atoms with Gasteiger partial charge in [0.05, 0.1) is 6.10 Å². The first-order valence-corrected chi connectivity index (χ1v) is 10.1. The van der Waals surface area contributed by atoms with E-state index in [0.717, 1.165) is 18.1 Å². The fraction of sp³-hybridized carbons (Fsp3) is 1.00. The molecular weight excluding hydrogens is 264 g/mol. The highest BCUT2D eigenvalue weighted by atomic mass is 32.2. The van der Waals surface area contributed by atoms with Crippen LogP contribution in [0.15, 0.2) is 0 Å². The maximum Gasteiger partial charge on any atom is 0.0630 e. The van der Waals surface area contributed by atoms with Crippen molar-refractivity contribution in [3.63, 3.8) is 0 Å². The first kappa shape index (κ1) is 20.3. The van der Waals surface area contributed by atoms with Crippen LogP contribution in [0.2, 0.25) is 0 Å². The summed E-state index contributed by atoms with van der Waals surface area (Å²) in [7, 11) is 0. The van der Waals surface area contributed by atoms with Crippen LogP contribution in [0.25, 0.3) is 0 Å². The maximum atomic E-state index is 9.86. The van der Waals surface area contributed by atoms with E-state index in [-0.39, 0.29) is 6.10 Å². The zero-order valence-corrected chi connectivity index (χ0v) is 15.0. The minimum Gasteiger partial charge on any atom is -0.392 e.